The number of rotatable bonds is 4. The Morgan fingerprint density at radius 2 is 2.16 bits per heavy atom. The molecule has 2 aliphatic carbocycles. The largest absolute Gasteiger partial charge is 0.339 e. The molecule has 0 saturated heterocycles. The summed E-state index contributed by atoms with van der Waals surface area (Å²) in [6.45, 7) is 3.07. The molecule has 19 heavy (non-hydrogen) atoms. The summed E-state index contributed by atoms with van der Waals surface area (Å²) in [6, 6.07) is 0. The van der Waals surface area contributed by atoms with Crippen molar-refractivity contribution in [3.8, 4) is 0 Å². The molecular weight excluding hydrogens is 238 g/mol. The lowest BCUT2D eigenvalue weighted by Gasteiger charge is -2.39. The van der Waals surface area contributed by atoms with E-state index in [4.69, 9.17) is 10.3 Å². The lowest BCUT2D eigenvalue weighted by molar-refractivity contribution is 0.129. The first-order valence-electron chi connectivity index (χ1n) is 7.73. The fourth-order valence-electron chi connectivity index (χ4n) is 3.62. The Morgan fingerprint density at radius 1 is 1.32 bits per heavy atom. The minimum Gasteiger partial charge on any atom is -0.339 e. The van der Waals surface area contributed by atoms with Gasteiger partial charge in [-0.05, 0) is 43.6 Å². The number of hydrogen-bond acceptors (Lipinski definition) is 4. The van der Waals surface area contributed by atoms with Gasteiger partial charge in [0.25, 0.3) is 0 Å². The zero-order valence-electron chi connectivity index (χ0n) is 11.9. The Bertz CT molecular complexity index is 419. The normalized spacial score (nSPS) is 30.0. The van der Waals surface area contributed by atoms with Crippen LogP contribution in [0.5, 0.6) is 0 Å². The maximum absolute atomic E-state index is 5.89. The van der Waals surface area contributed by atoms with Crippen LogP contribution in [0.1, 0.15) is 69.5 Å². The zero-order valence-corrected chi connectivity index (χ0v) is 11.9. The van der Waals surface area contributed by atoms with Crippen LogP contribution in [0.4, 0.5) is 0 Å². The molecule has 0 spiro atoms. The van der Waals surface area contributed by atoms with E-state index in [9.17, 15) is 0 Å². The van der Waals surface area contributed by atoms with Crippen molar-refractivity contribution in [1.29, 1.82) is 0 Å². The molecule has 106 valence electrons. The minimum atomic E-state index is 0.254. The van der Waals surface area contributed by atoms with E-state index in [0.717, 1.165) is 30.6 Å². The Hall–Kier alpha value is -0.900. The highest BCUT2D eigenvalue weighted by molar-refractivity contribution is 5.01. The third-order valence-electron chi connectivity index (χ3n) is 5.16. The quantitative estimate of drug-likeness (QED) is 0.906. The van der Waals surface area contributed by atoms with Crippen LogP contribution in [-0.4, -0.2) is 16.7 Å². The van der Waals surface area contributed by atoms with Gasteiger partial charge in [-0.15, -0.1) is 0 Å². The van der Waals surface area contributed by atoms with Crippen molar-refractivity contribution < 1.29 is 4.52 Å². The monoisotopic (exact) mass is 263 g/mol. The molecule has 0 bridgehead atoms. The highest BCUT2D eigenvalue weighted by Gasteiger charge is 2.37. The van der Waals surface area contributed by atoms with E-state index in [1.807, 2.05) is 0 Å². The maximum atomic E-state index is 5.89. The van der Waals surface area contributed by atoms with Gasteiger partial charge < -0.3 is 10.3 Å². The van der Waals surface area contributed by atoms with Crippen LogP contribution in [0.3, 0.4) is 0 Å². The van der Waals surface area contributed by atoms with Crippen LogP contribution >= 0.6 is 0 Å². The predicted molar refractivity (Wildman–Crippen MR) is 73.7 cm³/mol. The van der Waals surface area contributed by atoms with Gasteiger partial charge >= 0.3 is 0 Å². The third-order valence-corrected chi connectivity index (χ3v) is 5.16. The predicted octanol–water partition coefficient (Wildman–Crippen LogP) is 3.03. The van der Waals surface area contributed by atoms with E-state index >= 15 is 0 Å². The lowest BCUT2D eigenvalue weighted by atomic mass is 9.67. The molecule has 1 heterocycles. The molecule has 0 aromatic carbocycles. The topological polar surface area (TPSA) is 64.9 Å². The summed E-state index contributed by atoms with van der Waals surface area (Å²) in [6.07, 6.45) is 9.65. The third kappa shape index (κ3) is 2.69. The Labute approximate surface area is 115 Å². The molecule has 2 fully saturated rings. The van der Waals surface area contributed by atoms with E-state index in [1.165, 1.54) is 44.9 Å². The standard InChI is InChI=1S/C15H25N3O/c1-11-4-2-5-12(8-11)14-17-13(19-18-14)9-15(10-16)6-3-7-15/h11-12H,2-10,16H2,1H3. The zero-order chi connectivity index (χ0) is 13.3. The highest BCUT2D eigenvalue weighted by Crippen LogP contribution is 2.42. The second-order valence-electron chi connectivity index (χ2n) is 6.75. The Kier molecular flexibility index (Phi) is 3.61. The van der Waals surface area contributed by atoms with Crippen molar-refractivity contribution in [1.82, 2.24) is 10.1 Å². The minimum absolute atomic E-state index is 0.254. The first-order chi connectivity index (χ1) is 9.21. The summed E-state index contributed by atoms with van der Waals surface area (Å²) >= 11 is 0. The maximum Gasteiger partial charge on any atom is 0.227 e. The average molecular weight is 263 g/mol. The van der Waals surface area contributed by atoms with Crippen LogP contribution in [0.15, 0.2) is 4.52 Å². The van der Waals surface area contributed by atoms with Gasteiger partial charge in [-0.1, -0.05) is 31.3 Å². The van der Waals surface area contributed by atoms with E-state index in [0.29, 0.717) is 5.92 Å². The van der Waals surface area contributed by atoms with Crippen LogP contribution < -0.4 is 5.73 Å². The van der Waals surface area contributed by atoms with Crippen LogP contribution in [0.25, 0.3) is 0 Å². The van der Waals surface area contributed by atoms with Gasteiger partial charge in [0.1, 0.15) is 0 Å². The smallest absolute Gasteiger partial charge is 0.227 e. The number of aromatic nitrogens is 2. The molecular formula is C15H25N3O. The molecule has 2 saturated carbocycles. The van der Waals surface area contributed by atoms with Gasteiger partial charge in [0.15, 0.2) is 5.82 Å². The van der Waals surface area contributed by atoms with Gasteiger partial charge in [0.05, 0.1) is 0 Å². The summed E-state index contributed by atoms with van der Waals surface area (Å²) in [5.74, 6) is 3.05. The van der Waals surface area contributed by atoms with Crippen LogP contribution in [-0.2, 0) is 6.42 Å². The molecule has 2 atom stereocenters. The van der Waals surface area contributed by atoms with E-state index in [1.54, 1.807) is 0 Å². The average Bonchev–Trinajstić information content (AvgIpc) is 2.82. The van der Waals surface area contributed by atoms with E-state index in [-0.39, 0.29) is 5.41 Å². The summed E-state index contributed by atoms with van der Waals surface area (Å²) in [4.78, 5) is 4.65. The van der Waals surface area contributed by atoms with Gasteiger partial charge in [-0.2, -0.15) is 4.98 Å². The lowest BCUT2D eigenvalue weighted by Crippen LogP contribution is -2.39. The molecule has 1 aromatic rings. The fraction of sp³-hybridized carbons (Fsp3) is 0.867. The summed E-state index contributed by atoms with van der Waals surface area (Å²) in [7, 11) is 0. The van der Waals surface area contributed by atoms with Crippen molar-refractivity contribution in [3.05, 3.63) is 11.7 Å². The van der Waals surface area contributed by atoms with Gasteiger partial charge in [-0.3, -0.25) is 0 Å². The summed E-state index contributed by atoms with van der Waals surface area (Å²) < 4.78 is 5.47. The number of nitrogens with zero attached hydrogens (tertiary/aromatic N) is 2. The van der Waals surface area contributed by atoms with Crippen LogP contribution in [0, 0.1) is 11.3 Å². The molecule has 3 rings (SSSR count). The van der Waals surface area contributed by atoms with E-state index in [2.05, 4.69) is 17.1 Å². The molecule has 0 radical (unpaired) electrons. The first-order valence-corrected chi connectivity index (χ1v) is 7.73. The van der Waals surface area contributed by atoms with Crippen molar-refractivity contribution in [2.75, 3.05) is 6.54 Å². The summed E-state index contributed by atoms with van der Waals surface area (Å²) in [5, 5.41) is 4.22. The van der Waals surface area contributed by atoms with Crippen molar-refractivity contribution in [2.24, 2.45) is 17.1 Å². The molecule has 0 aliphatic heterocycles. The van der Waals surface area contributed by atoms with Gasteiger partial charge in [0, 0.05) is 12.3 Å². The first kappa shape index (κ1) is 13.1. The fourth-order valence-corrected chi connectivity index (χ4v) is 3.62. The second kappa shape index (κ2) is 5.23. The second-order valence-corrected chi connectivity index (χ2v) is 6.75. The van der Waals surface area contributed by atoms with Crippen molar-refractivity contribution in [2.45, 2.75) is 64.2 Å². The van der Waals surface area contributed by atoms with E-state index < -0.39 is 0 Å². The number of hydrogen-bond donors (Lipinski definition) is 1. The van der Waals surface area contributed by atoms with Crippen LogP contribution in [0.2, 0.25) is 0 Å². The van der Waals surface area contributed by atoms with Crippen molar-refractivity contribution >= 4 is 0 Å². The van der Waals surface area contributed by atoms with Crippen molar-refractivity contribution in [3.63, 3.8) is 0 Å². The molecule has 0 amide bonds. The summed E-state index contributed by atoms with van der Waals surface area (Å²) in [5.41, 5.74) is 6.15. The molecule has 4 nitrogen and oxygen atoms in total. The molecule has 2 aliphatic rings. The molecule has 1 aromatic heterocycles. The van der Waals surface area contributed by atoms with Gasteiger partial charge in [0.2, 0.25) is 5.89 Å². The Morgan fingerprint density at radius 3 is 2.79 bits per heavy atom. The molecule has 2 unspecified atom stereocenters. The van der Waals surface area contributed by atoms with Gasteiger partial charge in [-0.25, -0.2) is 0 Å². The molecule has 2 N–H and O–H groups in total. The molecule has 4 heteroatoms. The Balaban J connectivity index is 1.65. The number of nitrogens with two attached hydrogens (primary N) is 1. The SMILES string of the molecule is CC1CCCC(c2noc(CC3(CN)CCC3)n2)C1. The highest BCUT2D eigenvalue weighted by atomic mass is 16.5.